The number of hydrogen-bond acceptors (Lipinski definition) is 4. The van der Waals surface area contributed by atoms with Gasteiger partial charge in [0, 0.05) is 38.9 Å². The molecule has 0 bridgehead atoms. The Morgan fingerprint density at radius 1 is 1.24 bits per heavy atom. The Kier molecular flexibility index (Phi) is 6.45. The number of piperidine rings is 1. The maximum absolute atomic E-state index is 12.4. The second kappa shape index (κ2) is 8.79. The number of ether oxygens (including phenoxy) is 1. The van der Waals surface area contributed by atoms with Crippen molar-refractivity contribution in [3.63, 3.8) is 0 Å². The van der Waals surface area contributed by atoms with Crippen molar-refractivity contribution in [2.75, 3.05) is 26.3 Å². The van der Waals surface area contributed by atoms with Gasteiger partial charge in [-0.15, -0.1) is 0 Å². The zero-order valence-corrected chi connectivity index (χ0v) is 15.2. The summed E-state index contributed by atoms with van der Waals surface area (Å²) in [5.41, 5.74) is 8.92. The largest absolute Gasteiger partial charge is 0.381 e. The van der Waals surface area contributed by atoms with Crippen molar-refractivity contribution >= 4 is 5.91 Å². The molecule has 1 amide bonds. The van der Waals surface area contributed by atoms with Crippen LogP contribution in [-0.4, -0.2) is 49.2 Å². The first-order chi connectivity index (χ1) is 12.1. The molecule has 1 aromatic carbocycles. The number of hydrogen-bond donors (Lipinski definition) is 2. The lowest BCUT2D eigenvalue weighted by Crippen LogP contribution is -2.52. The number of nitrogens with zero attached hydrogens (tertiary/aromatic N) is 1. The van der Waals surface area contributed by atoms with Gasteiger partial charge in [0.05, 0.1) is 6.04 Å². The molecule has 3 rings (SSSR count). The molecule has 1 unspecified atom stereocenters. The van der Waals surface area contributed by atoms with Gasteiger partial charge in [-0.25, -0.2) is 0 Å². The molecule has 1 atom stereocenters. The normalized spacial score (nSPS) is 21.8. The van der Waals surface area contributed by atoms with Gasteiger partial charge in [0.15, 0.2) is 0 Å². The van der Waals surface area contributed by atoms with E-state index in [0.29, 0.717) is 0 Å². The minimum atomic E-state index is -0.395. The van der Waals surface area contributed by atoms with Crippen molar-refractivity contribution < 1.29 is 9.53 Å². The Balaban J connectivity index is 1.43. The highest BCUT2D eigenvalue weighted by Crippen LogP contribution is 2.19. The van der Waals surface area contributed by atoms with Crippen LogP contribution in [0.5, 0.6) is 0 Å². The van der Waals surface area contributed by atoms with Crippen molar-refractivity contribution in [3.05, 3.63) is 35.4 Å². The number of rotatable bonds is 5. The van der Waals surface area contributed by atoms with Crippen LogP contribution in [0, 0.1) is 12.8 Å². The molecule has 5 heteroatoms. The van der Waals surface area contributed by atoms with Crippen molar-refractivity contribution in [2.24, 2.45) is 11.7 Å². The predicted molar refractivity (Wildman–Crippen MR) is 99.1 cm³/mol. The Bertz CT molecular complexity index is 564. The van der Waals surface area contributed by atoms with Crippen LogP contribution in [-0.2, 0) is 16.1 Å². The molecule has 0 saturated carbocycles. The number of nitrogens with one attached hydrogen (secondary N) is 1. The van der Waals surface area contributed by atoms with Gasteiger partial charge in [-0.05, 0) is 49.7 Å². The molecular formula is C20H31N3O2. The number of likely N-dealkylation sites (tertiary alicyclic amines) is 1. The van der Waals surface area contributed by atoms with Crippen LogP contribution in [0.4, 0.5) is 0 Å². The molecule has 5 nitrogen and oxygen atoms in total. The first-order valence-corrected chi connectivity index (χ1v) is 9.54. The summed E-state index contributed by atoms with van der Waals surface area (Å²) >= 11 is 0. The molecule has 2 heterocycles. The molecule has 2 aliphatic heterocycles. The molecular weight excluding hydrogens is 314 g/mol. The average Bonchev–Trinajstić information content (AvgIpc) is 2.65. The van der Waals surface area contributed by atoms with Crippen molar-refractivity contribution in [1.29, 1.82) is 0 Å². The highest BCUT2D eigenvalue weighted by molar-refractivity contribution is 5.82. The Hall–Kier alpha value is -1.43. The zero-order chi connectivity index (χ0) is 17.6. The molecule has 1 aromatic rings. The van der Waals surface area contributed by atoms with Crippen LogP contribution in [0.2, 0.25) is 0 Å². The van der Waals surface area contributed by atoms with E-state index in [1.54, 1.807) is 0 Å². The fourth-order valence-electron chi connectivity index (χ4n) is 3.85. The number of aryl methyl sites for hydroxylation is 1. The summed E-state index contributed by atoms with van der Waals surface area (Å²) in [6, 6.07) is 8.42. The molecule has 0 aromatic heterocycles. The Morgan fingerprint density at radius 2 is 1.92 bits per heavy atom. The van der Waals surface area contributed by atoms with Crippen LogP contribution in [0.25, 0.3) is 0 Å². The third kappa shape index (κ3) is 5.03. The van der Waals surface area contributed by atoms with Gasteiger partial charge in [-0.1, -0.05) is 24.3 Å². The third-order valence-electron chi connectivity index (χ3n) is 5.67. The van der Waals surface area contributed by atoms with Crippen LogP contribution in [0.15, 0.2) is 24.3 Å². The van der Waals surface area contributed by atoms with Crippen LogP contribution in [0.3, 0.4) is 0 Å². The SMILES string of the molecule is Cc1ccccc1CN1CCC(NC(=O)C(N)C2CCOCC2)CC1. The minimum Gasteiger partial charge on any atom is -0.381 e. The molecule has 138 valence electrons. The molecule has 0 aliphatic carbocycles. The second-order valence-corrected chi connectivity index (χ2v) is 7.46. The number of carbonyl (C=O) groups excluding carboxylic acids is 1. The average molecular weight is 345 g/mol. The number of benzene rings is 1. The highest BCUT2D eigenvalue weighted by atomic mass is 16.5. The fourth-order valence-corrected chi connectivity index (χ4v) is 3.85. The van der Waals surface area contributed by atoms with Crippen LogP contribution in [0.1, 0.15) is 36.8 Å². The summed E-state index contributed by atoms with van der Waals surface area (Å²) in [6.45, 7) is 6.65. The molecule has 0 radical (unpaired) electrons. The fraction of sp³-hybridized carbons (Fsp3) is 0.650. The molecule has 2 fully saturated rings. The van der Waals surface area contributed by atoms with E-state index in [-0.39, 0.29) is 17.9 Å². The van der Waals surface area contributed by atoms with Crippen molar-refractivity contribution in [1.82, 2.24) is 10.2 Å². The Labute approximate surface area is 150 Å². The minimum absolute atomic E-state index is 0.0178. The highest BCUT2D eigenvalue weighted by Gasteiger charge is 2.29. The van der Waals surface area contributed by atoms with Gasteiger partial charge < -0.3 is 15.8 Å². The zero-order valence-electron chi connectivity index (χ0n) is 15.2. The van der Waals surface area contributed by atoms with Gasteiger partial charge in [0.2, 0.25) is 5.91 Å². The quantitative estimate of drug-likeness (QED) is 0.854. The van der Waals surface area contributed by atoms with Gasteiger partial charge in [0.1, 0.15) is 0 Å². The van der Waals surface area contributed by atoms with E-state index in [4.69, 9.17) is 10.5 Å². The summed E-state index contributed by atoms with van der Waals surface area (Å²) < 4.78 is 5.36. The predicted octanol–water partition coefficient (Wildman–Crippen LogP) is 1.83. The van der Waals surface area contributed by atoms with E-state index in [2.05, 4.69) is 41.4 Å². The van der Waals surface area contributed by atoms with E-state index in [0.717, 1.165) is 58.5 Å². The summed E-state index contributed by atoms with van der Waals surface area (Å²) in [5.74, 6) is 0.277. The monoisotopic (exact) mass is 345 g/mol. The first kappa shape index (κ1) is 18.4. The van der Waals surface area contributed by atoms with E-state index < -0.39 is 6.04 Å². The lowest BCUT2D eigenvalue weighted by molar-refractivity contribution is -0.125. The summed E-state index contributed by atoms with van der Waals surface area (Å²) in [5, 5.41) is 3.18. The summed E-state index contributed by atoms with van der Waals surface area (Å²) in [7, 11) is 0. The lowest BCUT2D eigenvalue weighted by Gasteiger charge is -2.34. The maximum atomic E-state index is 12.4. The van der Waals surface area contributed by atoms with Crippen molar-refractivity contribution in [3.8, 4) is 0 Å². The van der Waals surface area contributed by atoms with Crippen molar-refractivity contribution in [2.45, 2.75) is 51.2 Å². The van der Waals surface area contributed by atoms with Crippen LogP contribution >= 0.6 is 0 Å². The van der Waals surface area contributed by atoms with Gasteiger partial charge in [-0.3, -0.25) is 9.69 Å². The smallest absolute Gasteiger partial charge is 0.237 e. The number of amides is 1. The standard InChI is InChI=1S/C20H31N3O2/c1-15-4-2-3-5-17(15)14-23-10-6-18(7-11-23)22-20(24)19(21)16-8-12-25-13-9-16/h2-5,16,18-19H,6-14,21H2,1H3,(H,22,24). The topological polar surface area (TPSA) is 67.6 Å². The van der Waals surface area contributed by atoms with Gasteiger partial charge in [-0.2, -0.15) is 0 Å². The van der Waals surface area contributed by atoms with E-state index in [9.17, 15) is 4.79 Å². The molecule has 2 saturated heterocycles. The van der Waals surface area contributed by atoms with E-state index in [1.807, 2.05) is 0 Å². The maximum Gasteiger partial charge on any atom is 0.237 e. The van der Waals surface area contributed by atoms with Crippen LogP contribution < -0.4 is 11.1 Å². The summed E-state index contributed by atoms with van der Waals surface area (Å²) in [6.07, 6.45) is 3.78. The molecule has 2 aliphatic rings. The second-order valence-electron chi connectivity index (χ2n) is 7.46. The van der Waals surface area contributed by atoms with Gasteiger partial charge in [0.25, 0.3) is 0 Å². The van der Waals surface area contributed by atoms with E-state index >= 15 is 0 Å². The molecule has 3 N–H and O–H groups in total. The number of carbonyl (C=O) groups is 1. The lowest BCUT2D eigenvalue weighted by atomic mass is 9.91. The van der Waals surface area contributed by atoms with Gasteiger partial charge >= 0.3 is 0 Å². The Morgan fingerprint density at radius 3 is 2.60 bits per heavy atom. The first-order valence-electron chi connectivity index (χ1n) is 9.54. The van der Waals surface area contributed by atoms with E-state index in [1.165, 1.54) is 11.1 Å². The molecule has 25 heavy (non-hydrogen) atoms. The third-order valence-corrected chi connectivity index (χ3v) is 5.67. The molecule has 0 spiro atoms. The number of nitrogens with two attached hydrogens (primary N) is 1. The summed E-state index contributed by atoms with van der Waals surface area (Å²) in [4.78, 5) is 14.9.